The number of rotatable bonds is 5. The number of benzene rings is 1. The van der Waals surface area contributed by atoms with Gasteiger partial charge in [0.25, 0.3) is 0 Å². The highest BCUT2D eigenvalue weighted by Crippen LogP contribution is 2.11. The number of nitrogens with zero attached hydrogens (tertiary/aromatic N) is 2. The lowest BCUT2D eigenvalue weighted by molar-refractivity contribution is -0.140. The molecule has 0 unspecified atom stereocenters. The second kappa shape index (κ2) is 6.89. The van der Waals surface area contributed by atoms with Crippen LogP contribution < -0.4 is 5.69 Å². The Morgan fingerprint density at radius 2 is 1.86 bits per heavy atom. The van der Waals surface area contributed by atoms with Crippen molar-refractivity contribution in [3.63, 3.8) is 0 Å². The largest absolute Gasteiger partial charge is 0.469 e. The van der Waals surface area contributed by atoms with Gasteiger partial charge in [-0.3, -0.25) is 14.2 Å². The number of hydrogen-bond acceptors (Lipinski definition) is 4. The minimum absolute atomic E-state index is 0.118. The summed E-state index contributed by atoms with van der Waals surface area (Å²) in [6.07, 6.45) is 3.66. The summed E-state index contributed by atoms with van der Waals surface area (Å²) < 4.78 is 7.02. The molecule has 6 nitrogen and oxygen atoms in total. The van der Waals surface area contributed by atoms with Crippen molar-refractivity contribution in [2.75, 3.05) is 7.11 Å². The van der Waals surface area contributed by atoms with Crippen LogP contribution in [0.25, 0.3) is 5.69 Å². The van der Waals surface area contributed by atoms with E-state index < -0.39 is 5.69 Å². The van der Waals surface area contributed by atoms with E-state index in [0.717, 1.165) is 15.8 Å². The summed E-state index contributed by atoms with van der Waals surface area (Å²) in [5.41, 5.74) is 1.28. The molecule has 0 spiro atoms. The molecule has 0 N–H and O–H groups in total. The molecule has 0 radical (unpaired) electrons. The first-order chi connectivity index (χ1) is 10.5. The van der Waals surface area contributed by atoms with Crippen LogP contribution in [0.15, 0.2) is 41.5 Å². The Hall–Kier alpha value is -2.63. The van der Waals surface area contributed by atoms with E-state index in [1.807, 2.05) is 31.2 Å². The Morgan fingerprint density at radius 1 is 1.14 bits per heavy atom. The van der Waals surface area contributed by atoms with Crippen LogP contribution in [0.5, 0.6) is 0 Å². The van der Waals surface area contributed by atoms with E-state index in [9.17, 15) is 14.4 Å². The molecular formula is C16H18N2O4. The van der Waals surface area contributed by atoms with Gasteiger partial charge in [-0.15, -0.1) is 0 Å². The number of methoxy groups -OCH3 is 1. The summed E-state index contributed by atoms with van der Waals surface area (Å²) in [6.45, 7) is 1.90. The monoisotopic (exact) mass is 302 g/mol. The van der Waals surface area contributed by atoms with Gasteiger partial charge in [-0.25, -0.2) is 9.36 Å². The van der Waals surface area contributed by atoms with Crippen molar-refractivity contribution >= 4 is 11.9 Å². The van der Waals surface area contributed by atoms with Crippen LogP contribution in [0, 0.1) is 6.92 Å². The van der Waals surface area contributed by atoms with Gasteiger partial charge in [0.05, 0.1) is 12.8 Å². The van der Waals surface area contributed by atoms with E-state index in [2.05, 4.69) is 4.74 Å². The molecule has 6 heteroatoms. The van der Waals surface area contributed by atoms with E-state index in [4.69, 9.17) is 0 Å². The lowest BCUT2D eigenvalue weighted by atomic mass is 10.2. The van der Waals surface area contributed by atoms with E-state index >= 15 is 0 Å². The molecule has 0 bridgehead atoms. The minimum atomic E-state index is -0.405. The molecule has 0 fully saturated rings. The third-order valence-corrected chi connectivity index (χ3v) is 3.42. The number of carbonyl (C=O) groups excluding carboxylic acids is 2. The van der Waals surface area contributed by atoms with Gasteiger partial charge in [-0.05, 0) is 25.0 Å². The summed E-state index contributed by atoms with van der Waals surface area (Å²) in [4.78, 5) is 35.4. The number of hydrogen-bond donors (Lipinski definition) is 0. The number of esters is 1. The third kappa shape index (κ3) is 3.33. The number of carbonyl (C=O) groups is 2. The van der Waals surface area contributed by atoms with Crippen molar-refractivity contribution in [1.82, 2.24) is 9.13 Å². The zero-order valence-electron chi connectivity index (χ0n) is 12.6. The predicted octanol–water partition coefficient (Wildman–Crippen LogP) is 1.93. The van der Waals surface area contributed by atoms with Crippen LogP contribution in [0.1, 0.15) is 29.6 Å². The summed E-state index contributed by atoms with van der Waals surface area (Å²) in [5, 5.41) is 0. The Labute approximate surface area is 127 Å². The van der Waals surface area contributed by atoms with Gasteiger partial charge in [0.2, 0.25) is 5.91 Å². The van der Waals surface area contributed by atoms with Crippen molar-refractivity contribution in [3.8, 4) is 5.69 Å². The fraction of sp³-hybridized carbons (Fsp3) is 0.312. The molecule has 0 aliphatic rings. The first-order valence-electron chi connectivity index (χ1n) is 7.00. The summed E-state index contributed by atoms with van der Waals surface area (Å²) in [7, 11) is 1.30. The van der Waals surface area contributed by atoms with Crippen LogP contribution in [-0.4, -0.2) is 28.1 Å². The molecule has 0 aliphatic carbocycles. The number of ether oxygens (including phenoxy) is 1. The van der Waals surface area contributed by atoms with Crippen molar-refractivity contribution in [1.29, 1.82) is 0 Å². The molecule has 0 amide bonds. The van der Waals surface area contributed by atoms with Crippen molar-refractivity contribution in [2.45, 2.75) is 26.2 Å². The molecule has 22 heavy (non-hydrogen) atoms. The topological polar surface area (TPSA) is 70.3 Å². The van der Waals surface area contributed by atoms with Crippen LogP contribution in [-0.2, 0) is 9.53 Å². The van der Waals surface area contributed by atoms with Gasteiger partial charge in [0.1, 0.15) is 0 Å². The number of imidazole rings is 1. The Morgan fingerprint density at radius 3 is 2.55 bits per heavy atom. The number of aromatic nitrogens is 2. The first kappa shape index (κ1) is 15.8. The Balaban J connectivity index is 2.14. The lowest BCUT2D eigenvalue weighted by Crippen LogP contribution is -2.28. The third-order valence-electron chi connectivity index (χ3n) is 3.42. The van der Waals surface area contributed by atoms with Gasteiger partial charge in [-0.1, -0.05) is 18.2 Å². The Kier molecular flexibility index (Phi) is 4.93. The van der Waals surface area contributed by atoms with Gasteiger partial charge in [-0.2, -0.15) is 0 Å². The molecule has 0 saturated heterocycles. The average molecular weight is 302 g/mol. The second-order valence-electron chi connectivity index (χ2n) is 4.93. The zero-order chi connectivity index (χ0) is 16.1. The van der Waals surface area contributed by atoms with Crippen LogP contribution in [0.3, 0.4) is 0 Å². The maximum Gasteiger partial charge on any atom is 0.339 e. The maximum absolute atomic E-state index is 12.3. The fourth-order valence-electron chi connectivity index (χ4n) is 2.19. The SMILES string of the molecule is COC(=O)CCCC(=O)n1ccn(-c2ccccc2C)c1=O. The van der Waals surface area contributed by atoms with Crippen LogP contribution >= 0.6 is 0 Å². The molecular weight excluding hydrogens is 284 g/mol. The molecule has 2 rings (SSSR count). The molecule has 2 aromatic rings. The summed E-state index contributed by atoms with van der Waals surface area (Å²) in [6, 6.07) is 7.45. The lowest BCUT2D eigenvalue weighted by Gasteiger charge is -2.05. The van der Waals surface area contributed by atoms with Gasteiger partial charge < -0.3 is 4.74 Å². The fourth-order valence-corrected chi connectivity index (χ4v) is 2.19. The van der Waals surface area contributed by atoms with Gasteiger partial charge in [0, 0.05) is 25.2 Å². The van der Waals surface area contributed by atoms with Gasteiger partial charge in [0.15, 0.2) is 0 Å². The van der Waals surface area contributed by atoms with E-state index in [-0.39, 0.29) is 24.7 Å². The Bertz CT molecular complexity index is 743. The molecule has 0 atom stereocenters. The van der Waals surface area contributed by atoms with Crippen molar-refractivity contribution < 1.29 is 14.3 Å². The highest BCUT2D eigenvalue weighted by molar-refractivity contribution is 5.79. The second-order valence-corrected chi connectivity index (χ2v) is 4.93. The standard InChI is InChI=1S/C16H18N2O4/c1-12-6-3-4-7-13(12)17-10-11-18(16(17)21)14(19)8-5-9-15(20)22-2/h3-4,6-7,10-11H,5,8-9H2,1-2H3. The minimum Gasteiger partial charge on any atom is -0.469 e. The molecule has 116 valence electrons. The normalized spacial score (nSPS) is 10.5. The molecule has 0 aliphatic heterocycles. The predicted molar refractivity (Wildman–Crippen MR) is 81.3 cm³/mol. The molecule has 1 aromatic carbocycles. The van der Waals surface area contributed by atoms with Crippen molar-refractivity contribution in [3.05, 3.63) is 52.7 Å². The molecule has 0 saturated carbocycles. The molecule has 1 heterocycles. The van der Waals surface area contributed by atoms with Crippen molar-refractivity contribution in [2.24, 2.45) is 0 Å². The number of aryl methyl sites for hydroxylation is 1. The van der Waals surface area contributed by atoms with Crippen LogP contribution in [0.4, 0.5) is 0 Å². The molecule has 1 aromatic heterocycles. The maximum atomic E-state index is 12.3. The average Bonchev–Trinajstić information content (AvgIpc) is 2.89. The smallest absolute Gasteiger partial charge is 0.339 e. The first-order valence-corrected chi connectivity index (χ1v) is 7.00. The highest BCUT2D eigenvalue weighted by atomic mass is 16.5. The van der Waals surface area contributed by atoms with Crippen LogP contribution in [0.2, 0.25) is 0 Å². The van der Waals surface area contributed by atoms with Gasteiger partial charge >= 0.3 is 11.7 Å². The van der Waals surface area contributed by atoms with E-state index in [1.54, 1.807) is 6.20 Å². The summed E-state index contributed by atoms with van der Waals surface area (Å²) in [5.74, 6) is -0.695. The quantitative estimate of drug-likeness (QED) is 0.791. The zero-order valence-corrected chi connectivity index (χ0v) is 12.6. The summed E-state index contributed by atoms with van der Waals surface area (Å²) >= 11 is 0. The number of para-hydroxylation sites is 1. The van der Waals surface area contributed by atoms with E-state index in [0.29, 0.717) is 6.42 Å². The highest BCUT2D eigenvalue weighted by Gasteiger charge is 2.13. The van der Waals surface area contributed by atoms with E-state index in [1.165, 1.54) is 17.9 Å².